The summed E-state index contributed by atoms with van der Waals surface area (Å²) >= 11 is 0. The number of carbonyl (C=O) groups excluding carboxylic acids is 1. The van der Waals surface area contributed by atoms with Crippen molar-refractivity contribution in [1.29, 1.82) is 0 Å². The lowest BCUT2D eigenvalue weighted by Crippen LogP contribution is -2.33. The van der Waals surface area contributed by atoms with Crippen LogP contribution in [0.25, 0.3) is 0 Å². The molecule has 1 heterocycles. The average Bonchev–Trinajstić information content (AvgIpc) is 2.98. The zero-order valence-corrected chi connectivity index (χ0v) is 12.1. The van der Waals surface area contributed by atoms with E-state index in [1.54, 1.807) is 19.1 Å². The summed E-state index contributed by atoms with van der Waals surface area (Å²) in [6.45, 7) is 3.44. The molecule has 0 aromatic heterocycles. The van der Waals surface area contributed by atoms with E-state index in [2.05, 4.69) is 5.32 Å². The third kappa shape index (κ3) is 2.73. The van der Waals surface area contributed by atoms with Crippen LogP contribution in [0.4, 0.5) is 10.5 Å². The van der Waals surface area contributed by atoms with Crippen molar-refractivity contribution < 1.29 is 14.7 Å². The first-order valence-corrected chi connectivity index (χ1v) is 7.44. The molecular formula is C16H20N2O3. The van der Waals surface area contributed by atoms with Gasteiger partial charge < -0.3 is 15.3 Å². The van der Waals surface area contributed by atoms with Crippen molar-refractivity contribution in [2.45, 2.75) is 26.2 Å². The lowest BCUT2D eigenvalue weighted by atomic mass is 10.0. The van der Waals surface area contributed by atoms with Gasteiger partial charge in [-0.3, -0.25) is 0 Å². The van der Waals surface area contributed by atoms with Gasteiger partial charge in [-0.05, 0) is 55.4 Å². The first kappa shape index (κ1) is 13.9. The van der Waals surface area contributed by atoms with Gasteiger partial charge in [-0.25, -0.2) is 9.59 Å². The van der Waals surface area contributed by atoms with Crippen molar-refractivity contribution in [3.05, 3.63) is 29.3 Å². The molecule has 1 aromatic rings. The molecule has 5 heteroatoms. The second-order valence-corrected chi connectivity index (χ2v) is 6.12. The van der Waals surface area contributed by atoms with Crippen LogP contribution in [-0.2, 0) is 0 Å². The van der Waals surface area contributed by atoms with Gasteiger partial charge in [0.15, 0.2) is 0 Å². The molecule has 2 aliphatic rings. The minimum absolute atomic E-state index is 0.0770. The number of nitrogens with one attached hydrogen (secondary N) is 1. The highest BCUT2D eigenvalue weighted by Gasteiger charge is 2.37. The van der Waals surface area contributed by atoms with Gasteiger partial charge in [0, 0.05) is 18.8 Å². The standard InChI is InChI=1S/C16H20N2O3/c1-10-7-13(5-6-14(10)15(19)20)17-16(21)18-8-11-3-2-4-12(11)9-18/h5-7,11-12H,2-4,8-9H2,1H3,(H,17,21)(H,19,20). The van der Waals surface area contributed by atoms with Gasteiger partial charge >= 0.3 is 12.0 Å². The van der Waals surface area contributed by atoms with E-state index < -0.39 is 5.97 Å². The van der Waals surface area contributed by atoms with Gasteiger partial charge in [-0.15, -0.1) is 0 Å². The largest absolute Gasteiger partial charge is 0.478 e. The minimum Gasteiger partial charge on any atom is -0.478 e. The highest BCUT2D eigenvalue weighted by molar-refractivity contribution is 5.92. The van der Waals surface area contributed by atoms with Crippen molar-refractivity contribution in [3.8, 4) is 0 Å². The summed E-state index contributed by atoms with van der Waals surface area (Å²) in [5, 5.41) is 11.9. The van der Waals surface area contributed by atoms with Crippen molar-refractivity contribution in [2.75, 3.05) is 18.4 Å². The van der Waals surface area contributed by atoms with Gasteiger partial charge in [-0.2, -0.15) is 0 Å². The molecule has 0 spiro atoms. The molecule has 2 fully saturated rings. The number of rotatable bonds is 2. The van der Waals surface area contributed by atoms with Gasteiger partial charge in [0.1, 0.15) is 0 Å². The number of anilines is 1. The molecule has 0 bridgehead atoms. The fraction of sp³-hybridized carbons (Fsp3) is 0.500. The van der Waals surface area contributed by atoms with E-state index in [1.807, 2.05) is 4.90 Å². The van der Waals surface area contributed by atoms with Crippen LogP contribution >= 0.6 is 0 Å². The Kier molecular flexibility index (Phi) is 3.57. The number of carboxylic acid groups (broad SMARTS) is 1. The molecule has 2 amide bonds. The van der Waals surface area contributed by atoms with E-state index in [-0.39, 0.29) is 11.6 Å². The second-order valence-electron chi connectivity index (χ2n) is 6.12. The lowest BCUT2D eigenvalue weighted by Gasteiger charge is -2.18. The molecule has 3 rings (SSSR count). The third-order valence-electron chi connectivity index (χ3n) is 4.72. The molecule has 2 unspecified atom stereocenters. The maximum absolute atomic E-state index is 12.3. The van der Waals surface area contributed by atoms with Crippen molar-refractivity contribution in [2.24, 2.45) is 11.8 Å². The number of likely N-dealkylation sites (tertiary alicyclic amines) is 1. The number of urea groups is 1. The van der Waals surface area contributed by atoms with Crippen LogP contribution in [-0.4, -0.2) is 35.1 Å². The summed E-state index contributed by atoms with van der Waals surface area (Å²) in [5.41, 5.74) is 1.57. The Morgan fingerprint density at radius 3 is 2.48 bits per heavy atom. The number of aryl methyl sites for hydroxylation is 1. The van der Waals surface area contributed by atoms with Crippen LogP contribution in [0.2, 0.25) is 0 Å². The van der Waals surface area contributed by atoms with E-state index >= 15 is 0 Å². The fourth-order valence-electron chi connectivity index (χ4n) is 3.58. The molecule has 2 atom stereocenters. The molecule has 1 saturated heterocycles. The van der Waals surface area contributed by atoms with Crippen LogP contribution in [0.1, 0.15) is 35.2 Å². The number of aromatic carboxylic acids is 1. The number of hydrogen-bond donors (Lipinski definition) is 2. The van der Waals surface area contributed by atoms with E-state index in [4.69, 9.17) is 5.11 Å². The molecular weight excluding hydrogens is 268 g/mol. The lowest BCUT2D eigenvalue weighted by molar-refractivity contribution is 0.0696. The van der Waals surface area contributed by atoms with Gasteiger partial charge in [-0.1, -0.05) is 6.42 Å². The van der Waals surface area contributed by atoms with E-state index in [0.29, 0.717) is 23.1 Å². The Morgan fingerprint density at radius 1 is 1.24 bits per heavy atom. The fourth-order valence-corrected chi connectivity index (χ4v) is 3.58. The Morgan fingerprint density at radius 2 is 1.90 bits per heavy atom. The molecule has 112 valence electrons. The van der Waals surface area contributed by atoms with Crippen LogP contribution < -0.4 is 5.32 Å². The second kappa shape index (κ2) is 5.39. The monoisotopic (exact) mass is 288 g/mol. The Labute approximate surface area is 123 Å². The molecule has 1 aliphatic carbocycles. The Balaban J connectivity index is 1.65. The number of nitrogens with zero attached hydrogens (tertiary/aromatic N) is 1. The number of benzene rings is 1. The summed E-state index contributed by atoms with van der Waals surface area (Å²) in [4.78, 5) is 25.1. The summed E-state index contributed by atoms with van der Waals surface area (Å²) in [5.74, 6) is 0.400. The molecule has 5 nitrogen and oxygen atoms in total. The van der Waals surface area contributed by atoms with Gasteiger partial charge in [0.2, 0.25) is 0 Å². The quantitative estimate of drug-likeness (QED) is 0.879. The summed E-state index contributed by atoms with van der Waals surface area (Å²) < 4.78 is 0. The smallest absolute Gasteiger partial charge is 0.335 e. The summed E-state index contributed by atoms with van der Waals surface area (Å²) in [6.07, 6.45) is 3.77. The predicted octanol–water partition coefficient (Wildman–Crippen LogP) is 2.96. The summed E-state index contributed by atoms with van der Waals surface area (Å²) in [6, 6.07) is 4.81. The maximum atomic E-state index is 12.3. The molecule has 1 aliphatic heterocycles. The Hall–Kier alpha value is -2.04. The van der Waals surface area contributed by atoms with Crippen LogP contribution in [0.5, 0.6) is 0 Å². The van der Waals surface area contributed by atoms with E-state index in [1.165, 1.54) is 25.3 Å². The predicted molar refractivity (Wildman–Crippen MR) is 79.6 cm³/mol. The first-order chi connectivity index (χ1) is 10.0. The average molecular weight is 288 g/mol. The van der Waals surface area contributed by atoms with Crippen molar-refractivity contribution >= 4 is 17.7 Å². The van der Waals surface area contributed by atoms with E-state index in [0.717, 1.165) is 13.1 Å². The van der Waals surface area contributed by atoms with Gasteiger partial charge in [0.25, 0.3) is 0 Å². The molecule has 1 aromatic carbocycles. The first-order valence-electron chi connectivity index (χ1n) is 7.44. The molecule has 2 N–H and O–H groups in total. The van der Waals surface area contributed by atoms with Gasteiger partial charge in [0.05, 0.1) is 5.56 Å². The highest BCUT2D eigenvalue weighted by atomic mass is 16.4. The maximum Gasteiger partial charge on any atom is 0.335 e. The van der Waals surface area contributed by atoms with Crippen LogP contribution in [0.15, 0.2) is 18.2 Å². The zero-order chi connectivity index (χ0) is 15.0. The highest BCUT2D eigenvalue weighted by Crippen LogP contribution is 2.37. The number of hydrogen-bond acceptors (Lipinski definition) is 2. The molecule has 1 saturated carbocycles. The molecule has 0 radical (unpaired) electrons. The third-order valence-corrected chi connectivity index (χ3v) is 4.72. The SMILES string of the molecule is Cc1cc(NC(=O)N2CC3CCCC3C2)ccc1C(=O)O. The van der Waals surface area contributed by atoms with Crippen molar-refractivity contribution in [1.82, 2.24) is 4.90 Å². The number of carboxylic acids is 1. The Bertz CT molecular complexity index is 573. The number of carbonyl (C=O) groups is 2. The number of fused-ring (bicyclic) bond motifs is 1. The van der Waals surface area contributed by atoms with Crippen LogP contribution in [0.3, 0.4) is 0 Å². The number of amides is 2. The molecule has 21 heavy (non-hydrogen) atoms. The van der Waals surface area contributed by atoms with Crippen LogP contribution in [0, 0.1) is 18.8 Å². The summed E-state index contributed by atoms with van der Waals surface area (Å²) in [7, 11) is 0. The zero-order valence-electron chi connectivity index (χ0n) is 12.1. The van der Waals surface area contributed by atoms with Crippen molar-refractivity contribution in [3.63, 3.8) is 0 Å². The topological polar surface area (TPSA) is 69.6 Å². The van der Waals surface area contributed by atoms with E-state index in [9.17, 15) is 9.59 Å². The normalized spacial score (nSPS) is 24.0. The minimum atomic E-state index is -0.947.